The molecule has 0 bridgehead atoms. The lowest BCUT2D eigenvalue weighted by Crippen LogP contribution is -2.45. The lowest BCUT2D eigenvalue weighted by Gasteiger charge is -2.16. The van der Waals surface area contributed by atoms with Crippen LogP contribution in [0.1, 0.15) is 42.7 Å². The zero-order chi connectivity index (χ0) is 21.4. The Morgan fingerprint density at radius 1 is 1.28 bits per heavy atom. The molecule has 10 nitrogen and oxygen atoms in total. The Morgan fingerprint density at radius 2 is 1.97 bits per heavy atom. The number of phenols is 1. The van der Waals surface area contributed by atoms with Crippen molar-refractivity contribution in [3.63, 3.8) is 0 Å². The van der Waals surface area contributed by atoms with Crippen molar-refractivity contribution in [3.8, 4) is 5.75 Å². The average Bonchev–Trinajstić information content (AvgIpc) is 3.17. The number of rotatable bonds is 10. The summed E-state index contributed by atoms with van der Waals surface area (Å²) in [6.45, 7) is 1.37. The first-order valence-corrected chi connectivity index (χ1v) is 10.3. The summed E-state index contributed by atoms with van der Waals surface area (Å²) in [4.78, 5) is 27.3. The van der Waals surface area contributed by atoms with E-state index in [0.29, 0.717) is 18.7 Å². The van der Waals surface area contributed by atoms with Crippen LogP contribution in [-0.2, 0) is 11.2 Å². The molecule has 0 radical (unpaired) electrons. The number of carbonyl (C=O) groups is 2. The largest absolute Gasteiger partial charge is 0.508 e. The summed E-state index contributed by atoms with van der Waals surface area (Å²) in [5.41, 5.74) is 7.07. The zero-order valence-electron chi connectivity index (χ0n) is 16.2. The van der Waals surface area contributed by atoms with Gasteiger partial charge in [0.15, 0.2) is 5.82 Å². The molecule has 2 rings (SSSR count). The van der Waals surface area contributed by atoms with Crippen molar-refractivity contribution < 1.29 is 24.3 Å². The molecule has 29 heavy (non-hydrogen) atoms. The van der Waals surface area contributed by atoms with Gasteiger partial charge in [-0.25, -0.2) is 4.79 Å². The van der Waals surface area contributed by atoms with Crippen molar-refractivity contribution in [1.29, 1.82) is 0 Å². The Labute approximate surface area is 172 Å². The molecule has 3 atom stereocenters. The van der Waals surface area contributed by atoms with Crippen LogP contribution in [0, 0.1) is 0 Å². The highest BCUT2D eigenvalue weighted by Gasteiger charge is 2.24. The number of nitrogens with zero attached hydrogens (tertiary/aromatic N) is 2. The van der Waals surface area contributed by atoms with E-state index in [1.807, 2.05) is 6.26 Å². The number of hydrogen-bond acceptors (Lipinski definition) is 8. The molecule has 0 saturated heterocycles. The lowest BCUT2D eigenvalue weighted by atomic mass is 10.1. The predicted octanol–water partition coefficient (Wildman–Crippen LogP) is 1.58. The van der Waals surface area contributed by atoms with Gasteiger partial charge in [-0.3, -0.25) is 4.79 Å². The molecule has 0 aliphatic carbocycles. The number of amides is 2. The van der Waals surface area contributed by atoms with Gasteiger partial charge in [0.25, 0.3) is 0 Å². The SMILES string of the molecule is CSCCC(NC(=O)N[C@@H](C)C(=O)O)c1nc([C@@H](N)Cc2ccc(O)cc2)no1. The number of thioether (sulfide) groups is 1. The molecule has 1 aromatic carbocycles. The monoisotopic (exact) mass is 423 g/mol. The van der Waals surface area contributed by atoms with Gasteiger partial charge in [-0.15, -0.1) is 0 Å². The van der Waals surface area contributed by atoms with Crippen LogP contribution in [0.4, 0.5) is 4.79 Å². The summed E-state index contributed by atoms with van der Waals surface area (Å²) in [5.74, 6) is 0.247. The minimum absolute atomic E-state index is 0.169. The molecular weight excluding hydrogens is 398 g/mol. The summed E-state index contributed by atoms with van der Waals surface area (Å²) in [6.07, 6.45) is 2.89. The molecule has 1 heterocycles. The minimum Gasteiger partial charge on any atom is -0.508 e. The Kier molecular flexibility index (Phi) is 8.28. The normalized spacial score (nSPS) is 14.0. The summed E-state index contributed by atoms with van der Waals surface area (Å²) in [7, 11) is 0. The van der Waals surface area contributed by atoms with E-state index in [0.717, 1.165) is 11.3 Å². The molecule has 0 saturated carbocycles. The Morgan fingerprint density at radius 3 is 2.59 bits per heavy atom. The topological polar surface area (TPSA) is 164 Å². The molecule has 11 heteroatoms. The number of urea groups is 1. The third kappa shape index (κ3) is 6.95. The van der Waals surface area contributed by atoms with E-state index >= 15 is 0 Å². The molecule has 1 aromatic heterocycles. The second-order valence-electron chi connectivity index (χ2n) is 6.48. The number of phenolic OH excluding ortho intramolecular Hbond substituents is 1. The number of nitrogens with one attached hydrogen (secondary N) is 2. The molecule has 158 valence electrons. The van der Waals surface area contributed by atoms with Crippen molar-refractivity contribution in [2.75, 3.05) is 12.0 Å². The minimum atomic E-state index is -1.14. The van der Waals surface area contributed by atoms with Crippen LogP contribution >= 0.6 is 11.8 Å². The number of aromatic nitrogens is 2. The first kappa shape index (κ1) is 22.5. The number of carboxylic acids is 1. The van der Waals surface area contributed by atoms with Crippen molar-refractivity contribution >= 4 is 23.8 Å². The first-order chi connectivity index (χ1) is 13.8. The number of benzene rings is 1. The van der Waals surface area contributed by atoms with Gasteiger partial charge in [-0.1, -0.05) is 17.3 Å². The highest BCUT2D eigenvalue weighted by Crippen LogP contribution is 2.21. The van der Waals surface area contributed by atoms with Crippen molar-refractivity contribution in [2.45, 2.75) is 37.9 Å². The van der Waals surface area contributed by atoms with Gasteiger partial charge in [0.1, 0.15) is 17.8 Å². The molecule has 1 unspecified atom stereocenters. The van der Waals surface area contributed by atoms with Crippen LogP contribution in [0.25, 0.3) is 0 Å². The van der Waals surface area contributed by atoms with E-state index in [9.17, 15) is 14.7 Å². The maximum absolute atomic E-state index is 12.1. The van der Waals surface area contributed by atoms with Crippen molar-refractivity contribution in [3.05, 3.63) is 41.5 Å². The number of aromatic hydroxyl groups is 1. The third-order valence-corrected chi connectivity index (χ3v) is 4.76. The fourth-order valence-electron chi connectivity index (χ4n) is 2.47. The van der Waals surface area contributed by atoms with E-state index in [2.05, 4.69) is 20.8 Å². The van der Waals surface area contributed by atoms with Crippen LogP contribution in [0.3, 0.4) is 0 Å². The standard InChI is InChI=1S/C18H25N5O5S/c1-10(17(25)26)20-18(27)21-14(7-8-29-2)16-22-15(23-28-16)13(19)9-11-3-5-12(24)6-4-11/h3-6,10,13-14,24H,7-9,19H2,1-2H3,(H,25,26)(H2,20,21,27)/t10-,13-,14?/m0/s1. The van der Waals surface area contributed by atoms with Gasteiger partial charge in [-0.2, -0.15) is 16.7 Å². The predicted molar refractivity (Wildman–Crippen MR) is 108 cm³/mol. The average molecular weight is 423 g/mol. The highest BCUT2D eigenvalue weighted by molar-refractivity contribution is 7.98. The van der Waals surface area contributed by atoms with Gasteiger partial charge in [0, 0.05) is 0 Å². The highest BCUT2D eigenvalue weighted by atomic mass is 32.2. The molecule has 0 fully saturated rings. The quantitative estimate of drug-likeness (QED) is 0.381. The summed E-state index contributed by atoms with van der Waals surface area (Å²) in [5, 5.41) is 27.2. The summed E-state index contributed by atoms with van der Waals surface area (Å²) in [6, 6.07) is 3.88. The number of carboxylic acid groups (broad SMARTS) is 1. The Bertz CT molecular complexity index is 813. The van der Waals surface area contributed by atoms with Gasteiger partial charge < -0.3 is 31.1 Å². The van der Waals surface area contributed by atoms with Crippen LogP contribution in [-0.4, -0.2) is 50.4 Å². The second-order valence-corrected chi connectivity index (χ2v) is 7.47. The lowest BCUT2D eigenvalue weighted by molar-refractivity contribution is -0.138. The molecule has 0 aliphatic rings. The first-order valence-electron chi connectivity index (χ1n) is 8.96. The van der Waals surface area contributed by atoms with Gasteiger partial charge in [0.2, 0.25) is 5.89 Å². The molecule has 2 amide bonds. The van der Waals surface area contributed by atoms with Crippen LogP contribution in [0.15, 0.2) is 28.8 Å². The smallest absolute Gasteiger partial charge is 0.325 e. The number of nitrogens with two attached hydrogens (primary N) is 1. The van der Waals surface area contributed by atoms with Crippen LogP contribution in [0.2, 0.25) is 0 Å². The summed E-state index contributed by atoms with van der Waals surface area (Å²) >= 11 is 1.59. The van der Waals surface area contributed by atoms with Gasteiger partial charge >= 0.3 is 12.0 Å². The van der Waals surface area contributed by atoms with E-state index in [1.54, 1.807) is 36.0 Å². The Hall–Kier alpha value is -2.79. The molecular formula is C18H25N5O5S. The van der Waals surface area contributed by atoms with Crippen molar-refractivity contribution in [1.82, 2.24) is 20.8 Å². The number of aliphatic carboxylic acids is 1. The van der Waals surface area contributed by atoms with Gasteiger partial charge in [-0.05, 0) is 49.5 Å². The zero-order valence-corrected chi connectivity index (χ0v) is 17.0. The summed E-state index contributed by atoms with van der Waals surface area (Å²) < 4.78 is 5.31. The molecule has 0 spiro atoms. The molecule has 6 N–H and O–H groups in total. The molecule has 0 aliphatic heterocycles. The maximum Gasteiger partial charge on any atom is 0.325 e. The fraction of sp³-hybridized carbons (Fsp3) is 0.444. The maximum atomic E-state index is 12.1. The molecule has 2 aromatic rings. The van der Waals surface area contributed by atoms with Crippen LogP contribution < -0.4 is 16.4 Å². The van der Waals surface area contributed by atoms with Crippen LogP contribution in [0.5, 0.6) is 5.75 Å². The van der Waals surface area contributed by atoms with Gasteiger partial charge in [0.05, 0.1) is 6.04 Å². The van der Waals surface area contributed by atoms with Crippen molar-refractivity contribution in [2.24, 2.45) is 5.73 Å². The van der Waals surface area contributed by atoms with E-state index in [-0.39, 0.29) is 11.6 Å². The third-order valence-electron chi connectivity index (χ3n) is 4.11. The second kappa shape index (κ2) is 10.7. The number of hydrogen-bond donors (Lipinski definition) is 5. The Balaban J connectivity index is 2.05. The van der Waals surface area contributed by atoms with E-state index in [4.69, 9.17) is 15.4 Å². The van der Waals surface area contributed by atoms with E-state index < -0.39 is 30.1 Å². The van der Waals surface area contributed by atoms with E-state index in [1.165, 1.54) is 6.92 Å². The number of carbonyl (C=O) groups excluding carboxylic acids is 1. The fourth-order valence-corrected chi connectivity index (χ4v) is 2.94.